The quantitative estimate of drug-likeness (QED) is 0.865. The molecule has 0 radical (unpaired) electrons. The summed E-state index contributed by atoms with van der Waals surface area (Å²) in [5.41, 5.74) is 3.15. The summed E-state index contributed by atoms with van der Waals surface area (Å²) < 4.78 is 5.59. The van der Waals surface area contributed by atoms with Crippen molar-refractivity contribution in [2.75, 3.05) is 49.6 Å². The number of likely N-dealkylation sites (N-methyl/N-ethyl adjacent to an activating group) is 1. The first-order valence-electron chi connectivity index (χ1n) is 10.2. The van der Waals surface area contributed by atoms with Crippen molar-refractivity contribution >= 4 is 17.5 Å². The standard InChI is InChI=1S/C22H29N5O2/c1-17-15-26(11-12-29-17)21-8-7-18(13-23-21)14-24-22(28)27-10-9-25(2)16-19-5-3-4-6-20(19)27/h3-8,13,17H,9-12,14-16H2,1-2H3,(H,24,28)/t17-/m1/s1. The maximum absolute atomic E-state index is 12.9. The Morgan fingerprint density at radius 2 is 2.07 bits per heavy atom. The van der Waals surface area contributed by atoms with E-state index in [4.69, 9.17) is 4.74 Å². The molecular weight excluding hydrogens is 366 g/mol. The molecule has 0 bridgehead atoms. The normalized spacial score (nSPS) is 20.1. The summed E-state index contributed by atoms with van der Waals surface area (Å²) in [6, 6.07) is 12.1. The van der Waals surface area contributed by atoms with Crippen molar-refractivity contribution in [1.29, 1.82) is 0 Å². The molecule has 1 atom stereocenters. The van der Waals surface area contributed by atoms with E-state index in [9.17, 15) is 4.79 Å². The minimum absolute atomic E-state index is 0.0705. The molecule has 3 heterocycles. The highest BCUT2D eigenvalue weighted by atomic mass is 16.5. The highest BCUT2D eigenvalue weighted by Gasteiger charge is 2.22. The number of nitrogens with zero attached hydrogens (tertiary/aromatic N) is 4. The van der Waals surface area contributed by atoms with Gasteiger partial charge in [-0.1, -0.05) is 24.3 Å². The van der Waals surface area contributed by atoms with Crippen molar-refractivity contribution in [2.45, 2.75) is 26.1 Å². The maximum Gasteiger partial charge on any atom is 0.322 e. The van der Waals surface area contributed by atoms with E-state index in [0.717, 1.165) is 49.9 Å². The zero-order valence-electron chi connectivity index (χ0n) is 17.2. The molecule has 7 heteroatoms. The van der Waals surface area contributed by atoms with Crippen LogP contribution in [-0.4, -0.2) is 61.9 Å². The molecule has 1 fully saturated rings. The van der Waals surface area contributed by atoms with E-state index in [0.29, 0.717) is 13.1 Å². The van der Waals surface area contributed by atoms with E-state index in [1.54, 1.807) is 0 Å². The molecule has 4 rings (SSSR count). The highest BCUT2D eigenvalue weighted by Crippen LogP contribution is 2.24. The third-order valence-corrected chi connectivity index (χ3v) is 5.49. The molecule has 1 aromatic carbocycles. The van der Waals surface area contributed by atoms with E-state index in [2.05, 4.69) is 40.1 Å². The number of amides is 2. The number of hydrogen-bond donors (Lipinski definition) is 1. The Morgan fingerprint density at radius 3 is 2.86 bits per heavy atom. The van der Waals surface area contributed by atoms with Crippen LogP contribution in [0, 0.1) is 0 Å². The van der Waals surface area contributed by atoms with Crippen LogP contribution in [0.5, 0.6) is 0 Å². The summed E-state index contributed by atoms with van der Waals surface area (Å²) in [7, 11) is 2.08. The Balaban J connectivity index is 1.38. The van der Waals surface area contributed by atoms with Gasteiger partial charge in [0.15, 0.2) is 0 Å². The second kappa shape index (κ2) is 8.80. The van der Waals surface area contributed by atoms with E-state index in [1.165, 1.54) is 5.56 Å². The largest absolute Gasteiger partial charge is 0.375 e. The Morgan fingerprint density at radius 1 is 1.21 bits per heavy atom. The van der Waals surface area contributed by atoms with Gasteiger partial charge >= 0.3 is 6.03 Å². The summed E-state index contributed by atoms with van der Waals surface area (Å²) >= 11 is 0. The van der Waals surface area contributed by atoms with Crippen LogP contribution in [0.25, 0.3) is 0 Å². The number of morpholine rings is 1. The molecular formula is C22H29N5O2. The fraction of sp³-hybridized carbons (Fsp3) is 0.455. The van der Waals surface area contributed by atoms with Gasteiger partial charge in [-0.3, -0.25) is 4.90 Å². The van der Waals surface area contributed by atoms with Crippen LogP contribution >= 0.6 is 0 Å². The molecule has 0 unspecified atom stereocenters. The van der Waals surface area contributed by atoms with Crippen LogP contribution in [0.2, 0.25) is 0 Å². The molecule has 1 saturated heterocycles. The van der Waals surface area contributed by atoms with Gasteiger partial charge in [0.2, 0.25) is 0 Å². The summed E-state index contributed by atoms with van der Waals surface area (Å²) in [4.78, 5) is 23.8. The smallest absolute Gasteiger partial charge is 0.322 e. The van der Waals surface area contributed by atoms with Gasteiger partial charge in [-0.15, -0.1) is 0 Å². The van der Waals surface area contributed by atoms with Gasteiger partial charge in [0.25, 0.3) is 0 Å². The number of carbonyl (C=O) groups is 1. The molecule has 7 nitrogen and oxygen atoms in total. The zero-order chi connectivity index (χ0) is 20.2. The van der Waals surface area contributed by atoms with E-state index >= 15 is 0 Å². The number of pyridine rings is 1. The summed E-state index contributed by atoms with van der Waals surface area (Å²) in [6.07, 6.45) is 2.07. The lowest BCUT2D eigenvalue weighted by molar-refractivity contribution is 0.0529. The van der Waals surface area contributed by atoms with Gasteiger partial charge in [0.1, 0.15) is 5.82 Å². The molecule has 2 aromatic rings. The molecule has 29 heavy (non-hydrogen) atoms. The lowest BCUT2D eigenvalue weighted by Crippen LogP contribution is -2.42. The van der Waals surface area contributed by atoms with Gasteiger partial charge < -0.3 is 19.9 Å². The number of rotatable bonds is 3. The van der Waals surface area contributed by atoms with Crippen molar-refractivity contribution in [3.8, 4) is 0 Å². The molecule has 1 N–H and O–H groups in total. The average molecular weight is 396 g/mol. The Hall–Kier alpha value is -2.64. The number of para-hydroxylation sites is 1. The van der Waals surface area contributed by atoms with Crippen LogP contribution in [0.15, 0.2) is 42.6 Å². The number of ether oxygens (including phenoxy) is 1. The van der Waals surface area contributed by atoms with Crippen LogP contribution < -0.4 is 15.1 Å². The second-order valence-electron chi connectivity index (χ2n) is 7.83. The fourth-order valence-electron chi connectivity index (χ4n) is 3.89. The summed E-state index contributed by atoms with van der Waals surface area (Å²) in [5.74, 6) is 0.958. The molecule has 1 aromatic heterocycles. The highest BCUT2D eigenvalue weighted by molar-refractivity contribution is 5.93. The van der Waals surface area contributed by atoms with Crippen molar-refractivity contribution in [3.63, 3.8) is 0 Å². The first-order chi connectivity index (χ1) is 14.1. The van der Waals surface area contributed by atoms with E-state index in [1.807, 2.05) is 41.4 Å². The lowest BCUT2D eigenvalue weighted by Gasteiger charge is -2.32. The molecule has 154 valence electrons. The summed E-state index contributed by atoms with van der Waals surface area (Å²) in [5, 5.41) is 3.05. The molecule has 2 aliphatic rings. The molecule has 0 aliphatic carbocycles. The van der Waals surface area contributed by atoms with Gasteiger partial charge in [-0.2, -0.15) is 0 Å². The number of urea groups is 1. The Kier molecular flexibility index (Phi) is 5.97. The SMILES string of the molecule is C[C@@H]1CN(c2ccc(CNC(=O)N3CCN(C)Cc4ccccc43)cn2)CCO1. The average Bonchev–Trinajstić information content (AvgIpc) is 2.90. The predicted molar refractivity (Wildman–Crippen MR) is 114 cm³/mol. The number of benzene rings is 1. The molecule has 2 aliphatic heterocycles. The second-order valence-corrected chi connectivity index (χ2v) is 7.83. The Labute approximate surface area is 172 Å². The minimum atomic E-state index is -0.0705. The maximum atomic E-state index is 12.9. The summed E-state index contributed by atoms with van der Waals surface area (Å²) in [6.45, 7) is 7.35. The number of aromatic nitrogens is 1. The fourth-order valence-corrected chi connectivity index (χ4v) is 3.89. The van der Waals surface area contributed by atoms with Crippen LogP contribution in [0.4, 0.5) is 16.3 Å². The van der Waals surface area contributed by atoms with Crippen LogP contribution in [-0.2, 0) is 17.8 Å². The van der Waals surface area contributed by atoms with Gasteiger partial charge in [-0.25, -0.2) is 9.78 Å². The molecule has 2 amide bonds. The minimum Gasteiger partial charge on any atom is -0.375 e. The van der Waals surface area contributed by atoms with Crippen molar-refractivity contribution < 1.29 is 9.53 Å². The topological polar surface area (TPSA) is 60.9 Å². The van der Waals surface area contributed by atoms with E-state index in [-0.39, 0.29) is 12.1 Å². The third kappa shape index (κ3) is 4.68. The van der Waals surface area contributed by atoms with Gasteiger partial charge in [0.05, 0.1) is 12.7 Å². The number of anilines is 2. The number of carbonyl (C=O) groups excluding carboxylic acids is 1. The molecule has 0 spiro atoms. The number of nitrogens with one attached hydrogen (secondary N) is 1. The number of hydrogen-bond acceptors (Lipinski definition) is 5. The van der Waals surface area contributed by atoms with Crippen molar-refractivity contribution in [1.82, 2.24) is 15.2 Å². The van der Waals surface area contributed by atoms with Gasteiger partial charge in [0, 0.05) is 51.2 Å². The number of fused-ring (bicyclic) bond motifs is 1. The lowest BCUT2D eigenvalue weighted by atomic mass is 10.1. The monoisotopic (exact) mass is 395 g/mol. The zero-order valence-corrected chi connectivity index (χ0v) is 17.2. The van der Waals surface area contributed by atoms with E-state index < -0.39 is 0 Å². The Bertz CT molecular complexity index is 841. The van der Waals surface area contributed by atoms with Crippen molar-refractivity contribution in [3.05, 3.63) is 53.7 Å². The predicted octanol–water partition coefficient (Wildman–Crippen LogP) is 2.47. The van der Waals surface area contributed by atoms with Crippen LogP contribution in [0.1, 0.15) is 18.1 Å². The first kappa shape index (κ1) is 19.7. The van der Waals surface area contributed by atoms with Gasteiger partial charge in [-0.05, 0) is 37.2 Å². The first-order valence-corrected chi connectivity index (χ1v) is 10.2. The third-order valence-electron chi connectivity index (χ3n) is 5.49. The van der Waals surface area contributed by atoms with Crippen LogP contribution in [0.3, 0.4) is 0 Å². The van der Waals surface area contributed by atoms with Crippen molar-refractivity contribution in [2.24, 2.45) is 0 Å². The molecule has 0 saturated carbocycles.